The van der Waals surface area contributed by atoms with Crippen LogP contribution in [-0.4, -0.2) is 36.4 Å². The molecule has 0 amide bonds. The van der Waals surface area contributed by atoms with E-state index in [0.717, 1.165) is 31.6 Å². The molecular formula is C38H74O5. The zero-order chi connectivity index (χ0) is 31.6. The fourth-order valence-electron chi connectivity index (χ4n) is 5.62. The fourth-order valence-corrected chi connectivity index (χ4v) is 5.62. The van der Waals surface area contributed by atoms with E-state index in [0.29, 0.717) is 12.8 Å². The van der Waals surface area contributed by atoms with E-state index in [9.17, 15) is 14.7 Å². The van der Waals surface area contributed by atoms with Crippen LogP contribution in [0, 0.1) is 5.92 Å². The van der Waals surface area contributed by atoms with E-state index in [1.165, 1.54) is 148 Å². The third-order valence-corrected chi connectivity index (χ3v) is 8.52. The normalized spacial score (nSPS) is 12.1. The lowest BCUT2D eigenvalue weighted by molar-refractivity contribution is -0.152. The maximum Gasteiger partial charge on any atom is 0.305 e. The first-order valence-corrected chi connectivity index (χ1v) is 18.9. The van der Waals surface area contributed by atoms with Crippen LogP contribution < -0.4 is 0 Å². The maximum atomic E-state index is 11.9. The Labute approximate surface area is 268 Å². The lowest BCUT2D eigenvalue weighted by atomic mass is 10.0. The predicted octanol–water partition coefficient (Wildman–Crippen LogP) is 11.4. The maximum absolute atomic E-state index is 11.9. The number of carbonyl (C=O) groups is 2. The van der Waals surface area contributed by atoms with E-state index in [2.05, 4.69) is 20.8 Å². The zero-order valence-electron chi connectivity index (χ0n) is 29.2. The van der Waals surface area contributed by atoms with Crippen LogP contribution in [0.25, 0.3) is 0 Å². The molecule has 0 bridgehead atoms. The first-order chi connectivity index (χ1) is 21.0. The van der Waals surface area contributed by atoms with E-state index in [-0.39, 0.29) is 25.2 Å². The molecule has 1 atom stereocenters. The smallest absolute Gasteiger partial charge is 0.305 e. The van der Waals surface area contributed by atoms with Crippen molar-refractivity contribution in [1.29, 1.82) is 0 Å². The number of hydrogen-bond acceptors (Lipinski definition) is 5. The van der Waals surface area contributed by atoms with Gasteiger partial charge in [-0.25, -0.2) is 0 Å². The molecule has 0 aromatic heterocycles. The minimum absolute atomic E-state index is 0.108. The van der Waals surface area contributed by atoms with Crippen LogP contribution in [0.2, 0.25) is 0 Å². The molecule has 5 nitrogen and oxygen atoms in total. The Hall–Kier alpha value is -1.10. The molecule has 0 spiro atoms. The topological polar surface area (TPSA) is 72.8 Å². The molecule has 0 radical (unpaired) electrons. The van der Waals surface area contributed by atoms with Crippen molar-refractivity contribution in [3.05, 3.63) is 0 Å². The Morgan fingerprint density at radius 2 is 0.744 bits per heavy atom. The van der Waals surface area contributed by atoms with Crippen molar-refractivity contribution in [1.82, 2.24) is 0 Å². The van der Waals surface area contributed by atoms with Crippen LogP contribution in [0.15, 0.2) is 0 Å². The Morgan fingerprint density at radius 3 is 1.05 bits per heavy atom. The van der Waals surface area contributed by atoms with Gasteiger partial charge >= 0.3 is 11.9 Å². The number of ether oxygens (including phenoxy) is 2. The van der Waals surface area contributed by atoms with Gasteiger partial charge in [-0.1, -0.05) is 181 Å². The molecule has 256 valence electrons. The first kappa shape index (κ1) is 41.9. The SMILES string of the molecule is CCCCCCCCCCCCCC(=O)OC[C@H](O)COC(=O)CCCCCCCCCCCCCCCCCC(C)C. The van der Waals surface area contributed by atoms with Crippen LogP contribution >= 0.6 is 0 Å². The second-order valence-corrected chi connectivity index (χ2v) is 13.5. The van der Waals surface area contributed by atoms with E-state index in [1.54, 1.807) is 0 Å². The average molecular weight is 611 g/mol. The number of esters is 2. The summed E-state index contributed by atoms with van der Waals surface area (Å²) < 4.78 is 10.3. The van der Waals surface area contributed by atoms with Crippen molar-refractivity contribution in [3.63, 3.8) is 0 Å². The monoisotopic (exact) mass is 611 g/mol. The highest BCUT2D eigenvalue weighted by Crippen LogP contribution is 2.16. The van der Waals surface area contributed by atoms with Crippen LogP contribution in [0.5, 0.6) is 0 Å². The van der Waals surface area contributed by atoms with Crippen molar-refractivity contribution in [2.45, 2.75) is 213 Å². The summed E-state index contributed by atoms with van der Waals surface area (Å²) in [7, 11) is 0. The molecule has 0 aromatic carbocycles. The number of unbranched alkanes of at least 4 members (excludes halogenated alkanes) is 24. The van der Waals surface area contributed by atoms with Gasteiger partial charge in [-0.3, -0.25) is 9.59 Å². The van der Waals surface area contributed by atoms with Gasteiger partial charge in [0.15, 0.2) is 0 Å². The summed E-state index contributed by atoms with van der Waals surface area (Å²) in [6, 6.07) is 0. The lowest BCUT2D eigenvalue weighted by Gasteiger charge is -2.12. The first-order valence-electron chi connectivity index (χ1n) is 18.9. The van der Waals surface area contributed by atoms with Gasteiger partial charge in [0, 0.05) is 12.8 Å². The van der Waals surface area contributed by atoms with Gasteiger partial charge < -0.3 is 14.6 Å². The Morgan fingerprint density at radius 1 is 0.465 bits per heavy atom. The summed E-state index contributed by atoms with van der Waals surface area (Å²) in [5.41, 5.74) is 0. The summed E-state index contributed by atoms with van der Waals surface area (Å²) in [5, 5.41) is 9.98. The molecule has 5 heteroatoms. The molecule has 0 heterocycles. The molecule has 0 saturated carbocycles. The van der Waals surface area contributed by atoms with Gasteiger partial charge in [0.2, 0.25) is 0 Å². The predicted molar refractivity (Wildman–Crippen MR) is 182 cm³/mol. The molecule has 0 aliphatic carbocycles. The van der Waals surface area contributed by atoms with Crippen LogP contribution in [-0.2, 0) is 19.1 Å². The van der Waals surface area contributed by atoms with Gasteiger partial charge in [-0.2, -0.15) is 0 Å². The van der Waals surface area contributed by atoms with Gasteiger partial charge in [0.05, 0.1) is 0 Å². The molecule has 0 aliphatic heterocycles. The molecule has 43 heavy (non-hydrogen) atoms. The number of hydrogen-bond donors (Lipinski definition) is 1. The molecule has 0 rings (SSSR count). The fraction of sp³-hybridized carbons (Fsp3) is 0.947. The average Bonchev–Trinajstić information content (AvgIpc) is 2.99. The molecule has 0 unspecified atom stereocenters. The van der Waals surface area contributed by atoms with Crippen LogP contribution in [0.3, 0.4) is 0 Å². The summed E-state index contributed by atoms with van der Waals surface area (Å²) >= 11 is 0. The number of aliphatic hydroxyl groups is 1. The van der Waals surface area contributed by atoms with Crippen molar-refractivity contribution in [2.24, 2.45) is 5.92 Å². The van der Waals surface area contributed by atoms with Crippen LogP contribution in [0.4, 0.5) is 0 Å². The summed E-state index contributed by atoms with van der Waals surface area (Å²) in [6.07, 6.45) is 34.4. The number of rotatable bonds is 34. The van der Waals surface area contributed by atoms with Gasteiger partial charge in [0.25, 0.3) is 0 Å². The third-order valence-electron chi connectivity index (χ3n) is 8.52. The Bertz CT molecular complexity index is 591. The van der Waals surface area contributed by atoms with Crippen molar-refractivity contribution in [3.8, 4) is 0 Å². The molecule has 0 aliphatic rings. The Balaban J connectivity index is 3.37. The summed E-state index contributed by atoms with van der Waals surface area (Å²) in [6.45, 7) is 6.67. The number of aliphatic hydroxyl groups excluding tert-OH is 1. The van der Waals surface area contributed by atoms with Crippen molar-refractivity contribution in [2.75, 3.05) is 13.2 Å². The third kappa shape index (κ3) is 35.3. The van der Waals surface area contributed by atoms with Gasteiger partial charge in [0.1, 0.15) is 19.3 Å². The highest BCUT2D eigenvalue weighted by atomic mass is 16.6. The lowest BCUT2D eigenvalue weighted by Crippen LogP contribution is -2.25. The zero-order valence-corrected chi connectivity index (χ0v) is 29.2. The van der Waals surface area contributed by atoms with E-state index in [1.807, 2.05) is 0 Å². The molecule has 0 saturated heterocycles. The van der Waals surface area contributed by atoms with Crippen molar-refractivity contribution < 1.29 is 24.2 Å². The molecule has 1 N–H and O–H groups in total. The summed E-state index contributed by atoms with van der Waals surface area (Å²) in [4.78, 5) is 23.8. The Kier molecular flexibility index (Phi) is 32.9. The quantitative estimate of drug-likeness (QED) is 0.0579. The van der Waals surface area contributed by atoms with E-state index < -0.39 is 6.10 Å². The second kappa shape index (κ2) is 33.8. The standard InChI is InChI=1S/C38H74O5/c1-4-5-6-7-8-9-15-19-22-25-28-31-37(40)42-33-36(39)34-43-38(41)32-29-26-23-20-17-14-12-10-11-13-16-18-21-24-27-30-35(2)3/h35-36,39H,4-34H2,1-3H3/t36-/m0/s1. The van der Waals surface area contributed by atoms with Crippen molar-refractivity contribution >= 4 is 11.9 Å². The summed E-state index contributed by atoms with van der Waals surface area (Å²) in [5.74, 6) is 0.302. The van der Waals surface area contributed by atoms with Gasteiger partial charge in [-0.15, -0.1) is 0 Å². The molecule has 0 aromatic rings. The molecule has 0 fully saturated rings. The second-order valence-electron chi connectivity index (χ2n) is 13.5. The highest BCUT2D eigenvalue weighted by molar-refractivity contribution is 5.69. The molecular weight excluding hydrogens is 536 g/mol. The highest BCUT2D eigenvalue weighted by Gasteiger charge is 2.12. The van der Waals surface area contributed by atoms with Gasteiger partial charge in [-0.05, 0) is 18.8 Å². The largest absolute Gasteiger partial charge is 0.463 e. The number of carbonyl (C=O) groups excluding carboxylic acids is 2. The minimum Gasteiger partial charge on any atom is -0.463 e. The van der Waals surface area contributed by atoms with E-state index >= 15 is 0 Å². The minimum atomic E-state index is -0.954. The van der Waals surface area contributed by atoms with E-state index in [4.69, 9.17) is 9.47 Å². The van der Waals surface area contributed by atoms with Crippen LogP contribution in [0.1, 0.15) is 207 Å².